The molecule has 2 heterocycles. The molecule has 0 fully saturated rings. The summed E-state index contributed by atoms with van der Waals surface area (Å²) in [6.07, 6.45) is 1.77. The zero-order valence-corrected chi connectivity index (χ0v) is 11.8. The largest absolute Gasteiger partial charge is 0.420 e. The van der Waals surface area contributed by atoms with Gasteiger partial charge in [0.2, 0.25) is 11.8 Å². The molecular weight excluding hydrogens is 270 g/mol. The van der Waals surface area contributed by atoms with Crippen LogP contribution in [0.25, 0.3) is 11.5 Å². The first-order valence-electron chi connectivity index (χ1n) is 6.24. The Morgan fingerprint density at radius 2 is 1.90 bits per heavy atom. The van der Waals surface area contributed by atoms with E-state index >= 15 is 0 Å². The van der Waals surface area contributed by atoms with Crippen LogP contribution in [0.5, 0.6) is 0 Å². The molecule has 100 valence electrons. The fourth-order valence-corrected chi connectivity index (χ4v) is 2.39. The number of pyridine rings is 1. The summed E-state index contributed by atoms with van der Waals surface area (Å²) in [6.45, 7) is 2.05. The van der Waals surface area contributed by atoms with Crippen molar-refractivity contribution in [3.8, 4) is 11.5 Å². The van der Waals surface area contributed by atoms with Crippen LogP contribution in [0.15, 0.2) is 58.1 Å². The Morgan fingerprint density at radius 3 is 2.65 bits per heavy atom. The van der Waals surface area contributed by atoms with Crippen molar-refractivity contribution in [2.75, 3.05) is 0 Å². The molecule has 1 aromatic carbocycles. The fraction of sp³-hybridized carbons (Fsp3) is 0.133. The molecule has 0 spiro atoms. The van der Waals surface area contributed by atoms with Crippen molar-refractivity contribution in [2.45, 2.75) is 17.7 Å². The normalized spacial score (nSPS) is 10.7. The second kappa shape index (κ2) is 5.88. The number of hydrogen-bond acceptors (Lipinski definition) is 5. The van der Waals surface area contributed by atoms with E-state index in [-0.39, 0.29) is 0 Å². The van der Waals surface area contributed by atoms with E-state index in [4.69, 9.17) is 4.42 Å². The summed E-state index contributed by atoms with van der Waals surface area (Å²) in [5.74, 6) is 1.79. The molecule has 20 heavy (non-hydrogen) atoms. The van der Waals surface area contributed by atoms with Crippen molar-refractivity contribution in [2.24, 2.45) is 0 Å². The van der Waals surface area contributed by atoms with Gasteiger partial charge in [0.05, 0.1) is 10.8 Å². The first-order chi connectivity index (χ1) is 9.81. The summed E-state index contributed by atoms with van der Waals surface area (Å²) in [6, 6.07) is 13.8. The summed E-state index contributed by atoms with van der Waals surface area (Å²) in [5, 5.41) is 9.09. The van der Waals surface area contributed by atoms with Gasteiger partial charge >= 0.3 is 0 Å². The van der Waals surface area contributed by atoms with Crippen molar-refractivity contribution in [3.05, 3.63) is 60.1 Å². The van der Waals surface area contributed by atoms with Gasteiger partial charge in [0.25, 0.3) is 0 Å². The summed E-state index contributed by atoms with van der Waals surface area (Å²) in [4.78, 5) is 4.24. The molecule has 0 atom stereocenters. The van der Waals surface area contributed by atoms with Crippen LogP contribution >= 0.6 is 11.8 Å². The fourth-order valence-electron chi connectivity index (χ4n) is 1.69. The standard InChI is InChI=1S/C15H13N3OS/c1-11-5-7-12(8-6-11)15-18-17-13(19-15)10-20-14-4-2-3-9-16-14/h2-9H,10H2,1H3. The van der Waals surface area contributed by atoms with Crippen LogP contribution in [0, 0.1) is 6.92 Å². The summed E-state index contributed by atoms with van der Waals surface area (Å²) in [7, 11) is 0. The van der Waals surface area contributed by atoms with Gasteiger partial charge in [-0.05, 0) is 31.2 Å². The molecule has 0 aliphatic carbocycles. The van der Waals surface area contributed by atoms with Gasteiger partial charge in [0.1, 0.15) is 0 Å². The minimum absolute atomic E-state index is 0.557. The molecule has 0 aliphatic rings. The lowest BCUT2D eigenvalue weighted by Gasteiger charge is -1.96. The predicted octanol–water partition coefficient (Wildman–Crippen LogP) is 3.73. The Bertz CT molecular complexity index is 680. The molecule has 0 saturated heterocycles. The first kappa shape index (κ1) is 12.9. The van der Waals surface area contributed by atoms with E-state index in [2.05, 4.69) is 15.2 Å². The third-order valence-corrected chi connectivity index (χ3v) is 3.68. The maximum absolute atomic E-state index is 5.66. The molecule has 3 aromatic rings. The molecule has 3 rings (SSSR count). The maximum atomic E-state index is 5.66. The molecule has 2 aromatic heterocycles. The number of rotatable bonds is 4. The molecule has 0 radical (unpaired) electrons. The second-order valence-corrected chi connectivity index (χ2v) is 5.32. The third kappa shape index (κ3) is 3.05. The third-order valence-electron chi connectivity index (χ3n) is 2.75. The number of aromatic nitrogens is 3. The first-order valence-corrected chi connectivity index (χ1v) is 7.23. The minimum Gasteiger partial charge on any atom is -0.420 e. The number of thioether (sulfide) groups is 1. The molecule has 0 aliphatic heterocycles. The van der Waals surface area contributed by atoms with Crippen molar-refractivity contribution >= 4 is 11.8 Å². The van der Waals surface area contributed by atoms with Crippen molar-refractivity contribution in [3.63, 3.8) is 0 Å². The maximum Gasteiger partial charge on any atom is 0.247 e. The lowest BCUT2D eigenvalue weighted by atomic mass is 10.1. The Kier molecular flexibility index (Phi) is 3.78. The molecule has 0 saturated carbocycles. The van der Waals surface area contributed by atoms with Crippen LogP contribution in [0.2, 0.25) is 0 Å². The van der Waals surface area contributed by atoms with Gasteiger partial charge < -0.3 is 4.42 Å². The van der Waals surface area contributed by atoms with Gasteiger partial charge in [-0.2, -0.15) is 0 Å². The van der Waals surface area contributed by atoms with Crippen molar-refractivity contribution in [1.29, 1.82) is 0 Å². The summed E-state index contributed by atoms with van der Waals surface area (Å²) >= 11 is 1.58. The number of nitrogens with zero attached hydrogens (tertiary/aromatic N) is 3. The van der Waals surface area contributed by atoms with Crippen LogP contribution in [0.4, 0.5) is 0 Å². The average Bonchev–Trinajstić information content (AvgIpc) is 2.96. The highest BCUT2D eigenvalue weighted by atomic mass is 32.2. The quantitative estimate of drug-likeness (QED) is 0.683. The van der Waals surface area contributed by atoms with Crippen LogP contribution in [0.1, 0.15) is 11.5 Å². The van der Waals surface area contributed by atoms with Crippen LogP contribution in [-0.2, 0) is 5.75 Å². The average molecular weight is 283 g/mol. The molecule has 0 amide bonds. The highest BCUT2D eigenvalue weighted by Gasteiger charge is 2.08. The summed E-state index contributed by atoms with van der Waals surface area (Å²) < 4.78 is 5.66. The van der Waals surface area contributed by atoms with E-state index < -0.39 is 0 Å². The van der Waals surface area contributed by atoms with Crippen molar-refractivity contribution in [1.82, 2.24) is 15.2 Å². The zero-order valence-electron chi connectivity index (χ0n) is 11.0. The van der Waals surface area contributed by atoms with E-state index in [0.29, 0.717) is 17.5 Å². The van der Waals surface area contributed by atoms with Gasteiger partial charge in [-0.3, -0.25) is 0 Å². The van der Waals surface area contributed by atoms with E-state index in [1.165, 1.54) is 5.56 Å². The Balaban J connectivity index is 1.69. The lowest BCUT2D eigenvalue weighted by molar-refractivity contribution is 0.528. The lowest BCUT2D eigenvalue weighted by Crippen LogP contribution is -1.82. The topological polar surface area (TPSA) is 51.8 Å². The van der Waals surface area contributed by atoms with E-state index in [1.807, 2.05) is 49.4 Å². The van der Waals surface area contributed by atoms with E-state index in [1.54, 1.807) is 18.0 Å². The molecular formula is C15H13N3OS. The van der Waals surface area contributed by atoms with Gasteiger partial charge in [-0.1, -0.05) is 35.5 Å². The Hall–Kier alpha value is -2.14. The van der Waals surface area contributed by atoms with E-state index in [9.17, 15) is 0 Å². The van der Waals surface area contributed by atoms with Gasteiger partial charge in [0.15, 0.2) is 0 Å². The zero-order chi connectivity index (χ0) is 13.8. The van der Waals surface area contributed by atoms with Crippen LogP contribution in [0.3, 0.4) is 0 Å². The molecule has 5 heteroatoms. The molecule has 0 N–H and O–H groups in total. The highest BCUT2D eigenvalue weighted by molar-refractivity contribution is 7.98. The summed E-state index contributed by atoms with van der Waals surface area (Å²) in [5.41, 5.74) is 2.15. The number of benzene rings is 1. The van der Waals surface area contributed by atoms with Crippen LogP contribution in [-0.4, -0.2) is 15.2 Å². The molecule has 0 unspecified atom stereocenters. The predicted molar refractivity (Wildman–Crippen MR) is 78.3 cm³/mol. The van der Waals surface area contributed by atoms with Crippen LogP contribution < -0.4 is 0 Å². The van der Waals surface area contributed by atoms with Crippen molar-refractivity contribution < 1.29 is 4.42 Å². The minimum atomic E-state index is 0.557. The van der Waals surface area contributed by atoms with Gasteiger partial charge in [-0.25, -0.2) is 4.98 Å². The highest BCUT2D eigenvalue weighted by Crippen LogP contribution is 2.23. The smallest absolute Gasteiger partial charge is 0.247 e. The van der Waals surface area contributed by atoms with Gasteiger partial charge in [0, 0.05) is 11.8 Å². The SMILES string of the molecule is Cc1ccc(-c2nnc(CSc3ccccn3)o2)cc1. The number of hydrogen-bond donors (Lipinski definition) is 0. The molecule has 0 bridgehead atoms. The Morgan fingerprint density at radius 1 is 1.05 bits per heavy atom. The molecule has 4 nitrogen and oxygen atoms in total. The number of aryl methyl sites for hydroxylation is 1. The van der Waals surface area contributed by atoms with E-state index in [0.717, 1.165) is 10.6 Å². The second-order valence-electron chi connectivity index (χ2n) is 4.32. The van der Waals surface area contributed by atoms with Gasteiger partial charge in [-0.15, -0.1) is 10.2 Å². The Labute approximate surface area is 121 Å². The monoisotopic (exact) mass is 283 g/mol.